The van der Waals surface area contributed by atoms with Gasteiger partial charge in [-0.25, -0.2) is 17.9 Å². The molecule has 0 radical (unpaired) electrons. The molecule has 0 amide bonds. The van der Waals surface area contributed by atoms with E-state index in [9.17, 15) is 13.2 Å². The van der Waals surface area contributed by atoms with Crippen LogP contribution >= 0.6 is 27.7 Å². The first kappa shape index (κ1) is 15.5. The molecule has 2 N–H and O–H groups in total. The van der Waals surface area contributed by atoms with Gasteiger partial charge in [-0.15, -0.1) is 0 Å². The largest absolute Gasteiger partial charge is 0.478 e. The molecule has 0 aliphatic carbocycles. The zero-order chi connectivity index (χ0) is 13.8. The fraction of sp³-hybridized carbons (Fsp3) is 0.300. The van der Waals surface area contributed by atoms with Crippen molar-refractivity contribution in [1.82, 2.24) is 4.72 Å². The second kappa shape index (κ2) is 6.55. The van der Waals surface area contributed by atoms with Crippen LogP contribution in [0.4, 0.5) is 0 Å². The van der Waals surface area contributed by atoms with E-state index in [1.54, 1.807) is 0 Å². The maximum atomic E-state index is 12.0. The van der Waals surface area contributed by atoms with Crippen LogP contribution in [0.1, 0.15) is 10.4 Å². The van der Waals surface area contributed by atoms with Gasteiger partial charge in [0.05, 0.1) is 10.5 Å². The highest BCUT2D eigenvalue weighted by Crippen LogP contribution is 2.23. The van der Waals surface area contributed by atoms with E-state index in [-0.39, 0.29) is 10.5 Å². The SMILES string of the molecule is CSCCNS(=O)(=O)c1cc(C(=O)O)ccc1Br. The number of halogens is 1. The first-order valence-electron chi connectivity index (χ1n) is 4.90. The number of rotatable bonds is 6. The van der Waals surface area contributed by atoms with E-state index >= 15 is 0 Å². The average molecular weight is 354 g/mol. The van der Waals surface area contributed by atoms with Gasteiger partial charge in [0.2, 0.25) is 10.0 Å². The van der Waals surface area contributed by atoms with Crippen LogP contribution in [0.3, 0.4) is 0 Å². The molecule has 1 aromatic carbocycles. The highest BCUT2D eigenvalue weighted by atomic mass is 79.9. The minimum Gasteiger partial charge on any atom is -0.478 e. The predicted octanol–water partition coefficient (Wildman–Crippen LogP) is 1.79. The van der Waals surface area contributed by atoms with Crippen molar-refractivity contribution >= 4 is 43.7 Å². The Labute approximate surface area is 118 Å². The lowest BCUT2D eigenvalue weighted by Crippen LogP contribution is -2.26. The number of nitrogens with one attached hydrogen (secondary N) is 1. The first-order chi connectivity index (χ1) is 8.38. The first-order valence-corrected chi connectivity index (χ1v) is 8.57. The summed E-state index contributed by atoms with van der Waals surface area (Å²) >= 11 is 4.62. The normalized spacial score (nSPS) is 11.4. The summed E-state index contributed by atoms with van der Waals surface area (Å²) in [6.07, 6.45) is 1.87. The number of aromatic carboxylic acids is 1. The van der Waals surface area contributed by atoms with Crippen LogP contribution < -0.4 is 4.72 Å². The average Bonchev–Trinajstić information content (AvgIpc) is 2.29. The molecule has 0 unspecified atom stereocenters. The summed E-state index contributed by atoms with van der Waals surface area (Å²) in [5.41, 5.74) is -0.0663. The Bertz CT molecular complexity index is 545. The lowest BCUT2D eigenvalue weighted by atomic mass is 10.2. The predicted molar refractivity (Wildman–Crippen MR) is 74.7 cm³/mol. The van der Waals surface area contributed by atoms with Gasteiger partial charge in [-0.3, -0.25) is 0 Å². The van der Waals surface area contributed by atoms with E-state index in [4.69, 9.17) is 5.11 Å². The molecule has 0 aromatic heterocycles. The molecule has 0 aliphatic heterocycles. The van der Waals surface area contributed by atoms with Gasteiger partial charge in [0, 0.05) is 16.8 Å². The minimum absolute atomic E-state index is 0.0662. The zero-order valence-corrected chi connectivity index (χ0v) is 12.7. The number of thioether (sulfide) groups is 1. The third-order valence-corrected chi connectivity index (χ3v) is 5.13. The van der Waals surface area contributed by atoms with Crippen LogP contribution in [0.15, 0.2) is 27.6 Å². The highest BCUT2D eigenvalue weighted by Gasteiger charge is 2.19. The third-order valence-electron chi connectivity index (χ3n) is 2.07. The summed E-state index contributed by atoms with van der Waals surface area (Å²) < 4.78 is 26.7. The van der Waals surface area contributed by atoms with E-state index in [0.29, 0.717) is 16.8 Å². The third kappa shape index (κ3) is 3.98. The Morgan fingerprint density at radius 2 is 2.17 bits per heavy atom. The molecule has 0 spiro atoms. The second-order valence-corrected chi connectivity index (χ2v) is 6.92. The fourth-order valence-corrected chi connectivity index (χ4v) is 3.65. The molecular weight excluding hydrogens is 342 g/mol. The molecule has 100 valence electrons. The van der Waals surface area contributed by atoms with E-state index < -0.39 is 16.0 Å². The van der Waals surface area contributed by atoms with Crippen molar-refractivity contribution in [3.63, 3.8) is 0 Å². The van der Waals surface area contributed by atoms with Crippen LogP contribution in [0, 0.1) is 0 Å². The summed E-state index contributed by atoms with van der Waals surface area (Å²) in [6.45, 7) is 0.299. The smallest absolute Gasteiger partial charge is 0.335 e. The van der Waals surface area contributed by atoms with Gasteiger partial charge in [-0.1, -0.05) is 0 Å². The topological polar surface area (TPSA) is 83.5 Å². The van der Waals surface area contributed by atoms with Crippen LogP contribution in [0.25, 0.3) is 0 Å². The number of hydrogen-bond donors (Lipinski definition) is 2. The van der Waals surface area contributed by atoms with Crippen molar-refractivity contribution in [3.8, 4) is 0 Å². The maximum absolute atomic E-state index is 12.0. The van der Waals surface area contributed by atoms with Crippen LogP contribution in [0.2, 0.25) is 0 Å². The maximum Gasteiger partial charge on any atom is 0.335 e. The van der Waals surface area contributed by atoms with Gasteiger partial charge >= 0.3 is 5.97 Å². The van der Waals surface area contributed by atoms with Gasteiger partial charge in [-0.05, 0) is 40.4 Å². The number of carbonyl (C=O) groups is 1. The molecule has 0 atom stereocenters. The molecule has 0 aliphatic rings. The number of carboxylic acids is 1. The van der Waals surface area contributed by atoms with Crippen LogP contribution in [-0.4, -0.2) is 38.0 Å². The summed E-state index contributed by atoms with van der Waals surface area (Å²) in [5.74, 6) is -0.516. The van der Waals surface area contributed by atoms with Crippen molar-refractivity contribution in [1.29, 1.82) is 0 Å². The molecule has 0 saturated carbocycles. The van der Waals surface area contributed by atoms with Crippen molar-refractivity contribution in [2.24, 2.45) is 0 Å². The monoisotopic (exact) mass is 353 g/mol. The second-order valence-electron chi connectivity index (χ2n) is 3.34. The Hall–Kier alpha value is -0.570. The fourth-order valence-electron chi connectivity index (χ4n) is 1.20. The van der Waals surface area contributed by atoms with Crippen molar-refractivity contribution in [3.05, 3.63) is 28.2 Å². The zero-order valence-electron chi connectivity index (χ0n) is 9.51. The van der Waals surface area contributed by atoms with E-state index in [2.05, 4.69) is 20.7 Å². The molecular formula is C10H12BrNO4S2. The molecule has 0 bridgehead atoms. The molecule has 1 rings (SSSR count). The van der Waals surface area contributed by atoms with Crippen LogP contribution in [-0.2, 0) is 10.0 Å². The lowest BCUT2D eigenvalue weighted by Gasteiger charge is -2.08. The number of benzene rings is 1. The van der Waals surface area contributed by atoms with E-state index in [1.807, 2.05) is 6.26 Å². The molecule has 18 heavy (non-hydrogen) atoms. The number of hydrogen-bond acceptors (Lipinski definition) is 4. The Kier molecular flexibility index (Phi) is 5.64. The lowest BCUT2D eigenvalue weighted by molar-refractivity contribution is 0.0696. The molecule has 0 saturated heterocycles. The number of carboxylic acid groups (broad SMARTS) is 1. The van der Waals surface area contributed by atoms with Crippen molar-refractivity contribution < 1.29 is 18.3 Å². The molecule has 0 heterocycles. The summed E-state index contributed by atoms with van der Waals surface area (Å²) in [4.78, 5) is 10.8. The van der Waals surface area contributed by atoms with Gasteiger partial charge in [0.15, 0.2) is 0 Å². The van der Waals surface area contributed by atoms with Gasteiger partial charge in [0.25, 0.3) is 0 Å². The van der Waals surface area contributed by atoms with Gasteiger partial charge in [-0.2, -0.15) is 11.8 Å². The summed E-state index contributed by atoms with van der Waals surface area (Å²) in [6, 6.07) is 3.88. The summed E-state index contributed by atoms with van der Waals surface area (Å²) in [7, 11) is -3.69. The summed E-state index contributed by atoms with van der Waals surface area (Å²) in [5, 5.41) is 8.85. The standard InChI is InChI=1S/C10H12BrNO4S2/c1-17-5-4-12-18(15,16)9-6-7(10(13)14)2-3-8(9)11/h2-3,6,12H,4-5H2,1H3,(H,13,14). The quantitative estimate of drug-likeness (QED) is 0.761. The Morgan fingerprint density at radius 3 is 2.72 bits per heavy atom. The van der Waals surface area contributed by atoms with Crippen molar-refractivity contribution in [2.75, 3.05) is 18.6 Å². The molecule has 5 nitrogen and oxygen atoms in total. The highest BCUT2D eigenvalue weighted by molar-refractivity contribution is 9.10. The Morgan fingerprint density at radius 1 is 1.50 bits per heavy atom. The van der Waals surface area contributed by atoms with Gasteiger partial charge < -0.3 is 5.11 Å². The molecule has 8 heteroatoms. The van der Waals surface area contributed by atoms with E-state index in [1.165, 1.54) is 23.9 Å². The van der Waals surface area contributed by atoms with Gasteiger partial charge in [0.1, 0.15) is 0 Å². The molecule has 0 fully saturated rings. The molecule has 1 aromatic rings. The number of sulfonamides is 1. The Balaban J connectivity index is 3.07. The minimum atomic E-state index is -3.69. The van der Waals surface area contributed by atoms with Crippen LogP contribution in [0.5, 0.6) is 0 Å². The van der Waals surface area contributed by atoms with Crippen molar-refractivity contribution in [2.45, 2.75) is 4.90 Å². The van der Waals surface area contributed by atoms with E-state index in [0.717, 1.165) is 6.07 Å².